The molecule has 3 amide bonds. The number of nitrogens with one attached hydrogen (secondary N) is 3. The van der Waals surface area contributed by atoms with Crippen molar-refractivity contribution >= 4 is 70.1 Å². The zero-order valence-electron chi connectivity index (χ0n) is 19.6. The maximum Gasteiger partial charge on any atom is 0.347 e. The van der Waals surface area contributed by atoms with Gasteiger partial charge in [0.05, 0.1) is 20.5 Å². The molecule has 0 saturated carbocycles. The number of carboxylic acid groups (broad SMARTS) is 1. The Morgan fingerprint density at radius 2 is 1.87 bits per heavy atom. The van der Waals surface area contributed by atoms with Crippen molar-refractivity contribution in [3.63, 3.8) is 0 Å². The first-order valence-electron chi connectivity index (χ1n) is 11.2. The quantitative estimate of drug-likeness (QED) is 0.165. The number of fused-ring (bicyclic) bond motifs is 1. The lowest BCUT2D eigenvalue weighted by atomic mass is 9.95. The minimum atomic E-state index is -1.72. The van der Waals surface area contributed by atoms with Crippen LogP contribution in [0.3, 0.4) is 0 Å². The number of nitrogens with zero attached hydrogens (tertiary/aromatic N) is 1. The fraction of sp³-hybridized carbons (Fsp3) is 0.160. The van der Waals surface area contributed by atoms with Crippen LogP contribution in [-0.2, 0) is 17.8 Å². The van der Waals surface area contributed by atoms with Gasteiger partial charge in [0.25, 0.3) is 17.7 Å². The lowest BCUT2D eigenvalue weighted by Crippen LogP contribution is -2.52. The maximum absolute atomic E-state index is 13.1. The average Bonchev–Trinajstić information content (AvgIpc) is 3.42. The van der Waals surface area contributed by atoms with Gasteiger partial charge in [-0.1, -0.05) is 35.3 Å². The Morgan fingerprint density at radius 1 is 1.13 bits per heavy atom. The molecule has 196 valence electrons. The largest absolute Gasteiger partial charge is 0.478 e. The van der Waals surface area contributed by atoms with E-state index in [1.165, 1.54) is 18.2 Å². The Bertz CT molecular complexity index is 1460. The summed E-state index contributed by atoms with van der Waals surface area (Å²) >= 11 is 14.1. The normalized spacial score (nSPS) is 13.3. The summed E-state index contributed by atoms with van der Waals surface area (Å²) in [7, 11) is 0. The third kappa shape index (κ3) is 5.49. The Kier molecular flexibility index (Phi) is 8.00. The van der Waals surface area contributed by atoms with Crippen LogP contribution in [0.15, 0.2) is 41.8 Å². The highest BCUT2D eigenvalue weighted by molar-refractivity contribution is 7.12. The number of halogens is 2. The van der Waals surface area contributed by atoms with Crippen molar-refractivity contribution in [2.45, 2.75) is 19.1 Å². The summed E-state index contributed by atoms with van der Waals surface area (Å²) in [5.74, 6) is -3.27. The molecule has 2 heterocycles. The highest BCUT2D eigenvalue weighted by Gasteiger charge is 2.30. The number of thiophene rings is 1. The lowest BCUT2D eigenvalue weighted by Gasteiger charge is -2.30. The Morgan fingerprint density at radius 3 is 2.50 bits per heavy atom. The molecule has 0 fully saturated rings. The molecule has 2 aromatic carbocycles. The second-order valence-electron chi connectivity index (χ2n) is 8.35. The fourth-order valence-electron chi connectivity index (χ4n) is 4.03. The summed E-state index contributed by atoms with van der Waals surface area (Å²) in [6.07, 6.45) is -0.294. The van der Waals surface area contributed by atoms with E-state index in [1.807, 2.05) is 0 Å². The number of anilines is 1. The van der Waals surface area contributed by atoms with Gasteiger partial charge in [-0.05, 0) is 47.2 Å². The predicted octanol–water partition coefficient (Wildman–Crippen LogP) is 3.40. The van der Waals surface area contributed by atoms with E-state index < -0.39 is 23.9 Å². The molecule has 0 radical (unpaired) electrons. The molecule has 1 atom stereocenters. The van der Waals surface area contributed by atoms with Crippen LogP contribution in [0, 0.1) is 5.41 Å². The molecule has 6 N–H and O–H groups in total. The van der Waals surface area contributed by atoms with Crippen LogP contribution in [0.4, 0.5) is 5.69 Å². The minimum absolute atomic E-state index is 0.0335. The zero-order chi connectivity index (χ0) is 27.6. The van der Waals surface area contributed by atoms with Gasteiger partial charge in [0.15, 0.2) is 0 Å². The number of carboxylic acids is 1. The topological polar surface area (TPSA) is 166 Å². The van der Waals surface area contributed by atoms with E-state index in [0.717, 1.165) is 17.6 Å². The van der Waals surface area contributed by atoms with Gasteiger partial charge in [0.2, 0.25) is 6.17 Å². The van der Waals surface area contributed by atoms with Gasteiger partial charge >= 0.3 is 5.97 Å². The van der Waals surface area contributed by atoms with Crippen LogP contribution < -0.4 is 16.4 Å². The predicted molar refractivity (Wildman–Crippen MR) is 144 cm³/mol. The summed E-state index contributed by atoms with van der Waals surface area (Å²) in [5, 5.41) is 23.0. The van der Waals surface area contributed by atoms with Crippen molar-refractivity contribution in [2.24, 2.45) is 0 Å². The third-order valence-electron chi connectivity index (χ3n) is 5.95. The van der Waals surface area contributed by atoms with Crippen molar-refractivity contribution in [1.82, 2.24) is 15.5 Å². The SMILES string of the molecule is N=Cc1ccc(C(=O)N2CCc3c(cc(Cl)c(C(=O)N[C@@H](NC(=O)c4cccs4)C(=O)O)c3Cl)C2)cc1N. The maximum atomic E-state index is 13.1. The summed E-state index contributed by atoms with van der Waals surface area (Å²) in [4.78, 5) is 51.9. The molecular formula is C25H21Cl2N5O5S. The van der Waals surface area contributed by atoms with E-state index in [4.69, 9.17) is 34.3 Å². The van der Waals surface area contributed by atoms with Crippen molar-refractivity contribution in [3.05, 3.63) is 84.5 Å². The summed E-state index contributed by atoms with van der Waals surface area (Å²) in [6, 6.07) is 9.38. The molecule has 13 heteroatoms. The molecule has 3 aromatic rings. The van der Waals surface area contributed by atoms with E-state index in [1.54, 1.807) is 28.5 Å². The number of hydrogen-bond acceptors (Lipinski definition) is 7. The van der Waals surface area contributed by atoms with Crippen molar-refractivity contribution < 1.29 is 24.3 Å². The first kappa shape index (κ1) is 27.1. The van der Waals surface area contributed by atoms with Crippen molar-refractivity contribution in [3.8, 4) is 0 Å². The van der Waals surface area contributed by atoms with Gasteiger partial charge in [-0.25, -0.2) is 4.79 Å². The molecule has 1 aromatic heterocycles. The highest BCUT2D eigenvalue weighted by Crippen LogP contribution is 2.35. The Balaban J connectivity index is 1.53. The fourth-order valence-corrected chi connectivity index (χ4v) is 5.42. The number of aliphatic carboxylic acids is 1. The van der Waals surface area contributed by atoms with Crippen LogP contribution in [0.2, 0.25) is 10.0 Å². The Labute approximate surface area is 230 Å². The van der Waals surface area contributed by atoms with E-state index in [2.05, 4.69) is 10.6 Å². The van der Waals surface area contributed by atoms with Gasteiger partial charge < -0.3 is 31.8 Å². The first-order valence-corrected chi connectivity index (χ1v) is 12.8. The van der Waals surface area contributed by atoms with Crippen molar-refractivity contribution in [1.29, 1.82) is 5.41 Å². The monoisotopic (exact) mass is 573 g/mol. The standard InChI is InChI=1S/C25H21Cl2N5O5S/c26-16-8-14-11-32(24(35)12-3-4-13(10-28)17(29)9-12)6-5-15(14)20(27)19(16)23(34)31-21(25(36)37)30-22(33)18-2-1-7-38-18/h1-4,7-10,21,28H,5-6,11,29H2,(H,30,33)(H,31,34)(H,36,37)/t21-/m1/s1. The molecule has 4 rings (SSSR count). The zero-order valence-corrected chi connectivity index (χ0v) is 21.9. The van der Waals surface area contributed by atoms with Gasteiger partial charge in [0, 0.05) is 36.1 Å². The van der Waals surface area contributed by atoms with E-state index >= 15 is 0 Å². The van der Waals surface area contributed by atoms with Gasteiger partial charge in [0.1, 0.15) is 0 Å². The highest BCUT2D eigenvalue weighted by atomic mass is 35.5. The first-order chi connectivity index (χ1) is 18.1. The molecule has 0 bridgehead atoms. The number of carbonyl (C=O) groups is 4. The number of rotatable bonds is 7. The van der Waals surface area contributed by atoms with E-state index in [0.29, 0.717) is 40.9 Å². The third-order valence-corrected chi connectivity index (χ3v) is 7.53. The average molecular weight is 574 g/mol. The Hall–Kier alpha value is -3.93. The van der Waals surface area contributed by atoms with E-state index in [-0.39, 0.29) is 32.9 Å². The molecule has 0 unspecified atom stereocenters. The number of carbonyl (C=O) groups excluding carboxylic acids is 3. The number of nitrogens with two attached hydrogens (primary N) is 1. The minimum Gasteiger partial charge on any atom is -0.478 e. The molecule has 10 nitrogen and oxygen atoms in total. The van der Waals surface area contributed by atoms with Crippen LogP contribution in [0.25, 0.3) is 0 Å². The number of hydrogen-bond donors (Lipinski definition) is 5. The number of amides is 3. The number of nitrogen functional groups attached to an aromatic ring is 1. The van der Waals surface area contributed by atoms with Crippen LogP contribution in [-0.4, -0.2) is 52.6 Å². The van der Waals surface area contributed by atoms with E-state index in [9.17, 15) is 24.3 Å². The molecule has 38 heavy (non-hydrogen) atoms. The smallest absolute Gasteiger partial charge is 0.347 e. The van der Waals surface area contributed by atoms with Gasteiger partial charge in [-0.15, -0.1) is 11.3 Å². The molecule has 0 aliphatic carbocycles. The van der Waals surface area contributed by atoms with Crippen LogP contribution in [0.5, 0.6) is 0 Å². The number of benzene rings is 2. The lowest BCUT2D eigenvalue weighted by molar-refractivity contribution is -0.139. The summed E-state index contributed by atoms with van der Waals surface area (Å²) in [6.45, 7) is 0.478. The van der Waals surface area contributed by atoms with Gasteiger partial charge in [-0.3, -0.25) is 14.4 Å². The molecule has 1 aliphatic rings. The van der Waals surface area contributed by atoms with Crippen LogP contribution in [0.1, 0.15) is 47.1 Å². The van der Waals surface area contributed by atoms with Crippen LogP contribution >= 0.6 is 34.5 Å². The molecular weight excluding hydrogens is 553 g/mol. The molecule has 0 saturated heterocycles. The van der Waals surface area contributed by atoms with Gasteiger partial charge in [-0.2, -0.15) is 0 Å². The second-order valence-corrected chi connectivity index (χ2v) is 10.1. The second kappa shape index (κ2) is 11.2. The molecule has 0 spiro atoms. The van der Waals surface area contributed by atoms with Crippen molar-refractivity contribution in [2.75, 3.05) is 12.3 Å². The summed E-state index contributed by atoms with van der Waals surface area (Å²) < 4.78 is 0. The summed E-state index contributed by atoms with van der Waals surface area (Å²) in [5.41, 5.74) is 8.22. The molecule has 1 aliphatic heterocycles.